The predicted molar refractivity (Wildman–Crippen MR) is 133 cm³/mol. The van der Waals surface area contributed by atoms with Crippen LogP contribution in [0.25, 0.3) is 0 Å². The largest absolute Gasteiger partial charge is 0.480 e. The van der Waals surface area contributed by atoms with Crippen molar-refractivity contribution in [2.24, 2.45) is 11.8 Å². The quantitative estimate of drug-likeness (QED) is 0.370. The molecule has 0 saturated carbocycles. The Bertz CT molecular complexity index is 793. The van der Waals surface area contributed by atoms with E-state index in [1.165, 1.54) is 0 Å². The van der Waals surface area contributed by atoms with Crippen molar-refractivity contribution in [2.45, 2.75) is 85.2 Å². The van der Waals surface area contributed by atoms with Gasteiger partial charge in [-0.2, -0.15) is 0 Å². The van der Waals surface area contributed by atoms with E-state index in [4.69, 9.17) is 9.47 Å². The minimum Gasteiger partial charge on any atom is -0.480 e. The molecule has 198 valence electrons. The molecule has 2 unspecified atom stereocenters. The summed E-state index contributed by atoms with van der Waals surface area (Å²) in [5.41, 5.74) is 0.107. The van der Waals surface area contributed by atoms with Gasteiger partial charge in [-0.15, -0.1) is 0 Å². The standard InChI is InChI=1S/C26H42N2O7/c1-7-11-20(15-27-24(32)35-26(4,5)6)22(29)16-28(21(23(30)31)14-18(2)3)25(33)34-17-19-12-9-8-10-13-19/h8-10,12-13,18,20-22,29H,7,11,14-17H2,1-6H3,(H,27,32)(H,30,31)/t20?,21-,22?/m0/s1. The molecule has 9 heteroatoms. The molecule has 1 aromatic carbocycles. The Kier molecular flexibility index (Phi) is 12.6. The lowest BCUT2D eigenvalue weighted by Gasteiger charge is -2.33. The number of carboxylic acids is 1. The first kappa shape index (κ1) is 30.2. The lowest BCUT2D eigenvalue weighted by Crippen LogP contribution is -2.51. The van der Waals surface area contributed by atoms with Crippen LogP contribution >= 0.6 is 0 Å². The van der Waals surface area contributed by atoms with Crippen LogP contribution in [0.3, 0.4) is 0 Å². The van der Waals surface area contributed by atoms with Crippen LogP contribution < -0.4 is 5.32 Å². The summed E-state index contributed by atoms with van der Waals surface area (Å²) in [6.45, 7) is 10.8. The topological polar surface area (TPSA) is 125 Å². The van der Waals surface area contributed by atoms with E-state index in [0.717, 1.165) is 16.9 Å². The van der Waals surface area contributed by atoms with E-state index in [9.17, 15) is 24.6 Å². The van der Waals surface area contributed by atoms with Crippen LogP contribution in [0.1, 0.15) is 66.4 Å². The molecule has 0 bridgehead atoms. The second-order valence-electron chi connectivity index (χ2n) is 10.2. The molecule has 9 nitrogen and oxygen atoms in total. The van der Waals surface area contributed by atoms with Gasteiger partial charge in [-0.05, 0) is 45.1 Å². The fraction of sp³-hybridized carbons (Fsp3) is 0.654. The normalized spacial score (nSPS) is 14.1. The summed E-state index contributed by atoms with van der Waals surface area (Å²) < 4.78 is 10.7. The number of rotatable bonds is 13. The number of alkyl carbamates (subject to hydrolysis) is 1. The SMILES string of the molecule is CCCC(CNC(=O)OC(C)(C)C)C(O)CN(C(=O)OCc1ccccc1)[C@@H](CC(C)C)C(=O)O. The average molecular weight is 495 g/mol. The van der Waals surface area contributed by atoms with Gasteiger partial charge in [-0.25, -0.2) is 14.4 Å². The third-order valence-electron chi connectivity index (χ3n) is 5.29. The van der Waals surface area contributed by atoms with Crippen LogP contribution in [0, 0.1) is 11.8 Å². The maximum absolute atomic E-state index is 13.0. The van der Waals surface area contributed by atoms with Crippen LogP contribution in [0.5, 0.6) is 0 Å². The Morgan fingerprint density at radius 1 is 1.11 bits per heavy atom. The molecular weight excluding hydrogens is 452 g/mol. The molecule has 1 aromatic rings. The third-order valence-corrected chi connectivity index (χ3v) is 5.29. The number of hydrogen-bond donors (Lipinski definition) is 3. The molecule has 2 amide bonds. The van der Waals surface area contributed by atoms with Gasteiger partial charge < -0.3 is 25.0 Å². The first-order valence-corrected chi connectivity index (χ1v) is 12.2. The summed E-state index contributed by atoms with van der Waals surface area (Å²) in [7, 11) is 0. The predicted octanol–water partition coefficient (Wildman–Crippen LogP) is 4.43. The molecule has 0 aliphatic heterocycles. The zero-order valence-corrected chi connectivity index (χ0v) is 21.8. The summed E-state index contributed by atoms with van der Waals surface area (Å²) in [4.78, 5) is 38.3. The minimum atomic E-state index is -1.17. The van der Waals surface area contributed by atoms with Gasteiger partial charge in [0.2, 0.25) is 0 Å². The number of carbonyl (C=O) groups is 3. The van der Waals surface area contributed by atoms with Gasteiger partial charge in [0.15, 0.2) is 0 Å². The monoisotopic (exact) mass is 494 g/mol. The molecule has 0 aromatic heterocycles. The highest BCUT2D eigenvalue weighted by Gasteiger charge is 2.35. The van der Waals surface area contributed by atoms with Gasteiger partial charge in [-0.3, -0.25) is 4.90 Å². The summed E-state index contributed by atoms with van der Waals surface area (Å²) in [6, 6.07) is 7.92. The number of nitrogens with zero attached hydrogens (tertiary/aromatic N) is 1. The van der Waals surface area contributed by atoms with E-state index in [1.54, 1.807) is 32.9 Å². The molecule has 3 N–H and O–H groups in total. The van der Waals surface area contributed by atoms with Crippen molar-refractivity contribution in [3.63, 3.8) is 0 Å². The van der Waals surface area contributed by atoms with Crippen LogP contribution in [-0.4, -0.2) is 64.1 Å². The van der Waals surface area contributed by atoms with Gasteiger partial charge in [0.25, 0.3) is 0 Å². The highest BCUT2D eigenvalue weighted by Crippen LogP contribution is 2.19. The number of ether oxygens (including phenoxy) is 2. The molecular formula is C26H42N2O7. The Labute approximate surface area is 208 Å². The Morgan fingerprint density at radius 3 is 2.26 bits per heavy atom. The number of aliphatic carboxylic acids is 1. The van der Waals surface area contributed by atoms with Crippen molar-refractivity contribution in [3.8, 4) is 0 Å². The summed E-state index contributed by atoms with van der Waals surface area (Å²) in [5, 5.41) is 23.5. The van der Waals surface area contributed by atoms with E-state index >= 15 is 0 Å². The summed E-state index contributed by atoms with van der Waals surface area (Å²) in [5.74, 6) is -1.58. The summed E-state index contributed by atoms with van der Waals surface area (Å²) in [6.07, 6.45) is -0.999. The van der Waals surface area contributed by atoms with Crippen LogP contribution in [0.2, 0.25) is 0 Å². The number of nitrogens with one attached hydrogen (secondary N) is 1. The van der Waals surface area contributed by atoms with Gasteiger partial charge >= 0.3 is 18.2 Å². The van der Waals surface area contributed by atoms with E-state index in [2.05, 4.69) is 5.32 Å². The third kappa shape index (κ3) is 11.9. The summed E-state index contributed by atoms with van der Waals surface area (Å²) >= 11 is 0. The van der Waals surface area contributed by atoms with E-state index in [1.807, 2.05) is 39.0 Å². The fourth-order valence-electron chi connectivity index (χ4n) is 3.62. The van der Waals surface area contributed by atoms with Gasteiger partial charge in [-0.1, -0.05) is 57.5 Å². The zero-order chi connectivity index (χ0) is 26.6. The van der Waals surface area contributed by atoms with E-state index in [-0.39, 0.29) is 32.0 Å². The maximum Gasteiger partial charge on any atom is 0.410 e. The number of hydrogen-bond acceptors (Lipinski definition) is 6. The molecule has 1 rings (SSSR count). The Balaban J connectivity index is 3.00. The highest BCUT2D eigenvalue weighted by molar-refractivity contribution is 5.80. The second-order valence-corrected chi connectivity index (χ2v) is 10.2. The maximum atomic E-state index is 13.0. The van der Waals surface area contributed by atoms with Crippen LogP contribution in [0.4, 0.5) is 9.59 Å². The van der Waals surface area contributed by atoms with Crippen molar-refractivity contribution in [3.05, 3.63) is 35.9 Å². The van der Waals surface area contributed by atoms with Crippen molar-refractivity contribution in [1.82, 2.24) is 10.2 Å². The van der Waals surface area contributed by atoms with Gasteiger partial charge in [0, 0.05) is 12.5 Å². The van der Waals surface area contributed by atoms with Gasteiger partial charge in [0.1, 0.15) is 18.2 Å². The molecule has 0 fully saturated rings. The number of carbonyl (C=O) groups excluding carboxylic acids is 2. The number of aliphatic hydroxyl groups excluding tert-OH is 1. The first-order valence-electron chi connectivity index (χ1n) is 12.2. The Hall–Kier alpha value is -2.81. The average Bonchev–Trinajstić information content (AvgIpc) is 2.76. The molecule has 0 saturated heterocycles. The first-order chi connectivity index (χ1) is 16.3. The van der Waals surface area contributed by atoms with Crippen molar-refractivity contribution in [1.29, 1.82) is 0 Å². The molecule has 0 spiro atoms. The fourth-order valence-corrected chi connectivity index (χ4v) is 3.62. The molecule has 3 atom stereocenters. The molecule has 0 radical (unpaired) electrons. The van der Waals surface area contributed by atoms with Crippen LogP contribution in [-0.2, 0) is 20.9 Å². The number of amides is 2. The lowest BCUT2D eigenvalue weighted by atomic mass is 9.95. The Morgan fingerprint density at radius 2 is 1.74 bits per heavy atom. The minimum absolute atomic E-state index is 0.00191. The lowest BCUT2D eigenvalue weighted by molar-refractivity contribution is -0.144. The second kappa shape index (κ2) is 14.6. The van der Waals surface area contributed by atoms with E-state index < -0.39 is 41.8 Å². The van der Waals surface area contributed by atoms with E-state index in [0.29, 0.717) is 6.42 Å². The van der Waals surface area contributed by atoms with Gasteiger partial charge in [0.05, 0.1) is 12.6 Å². The highest BCUT2D eigenvalue weighted by atomic mass is 16.6. The number of aliphatic hydroxyl groups is 1. The molecule has 35 heavy (non-hydrogen) atoms. The smallest absolute Gasteiger partial charge is 0.410 e. The molecule has 0 aliphatic rings. The van der Waals surface area contributed by atoms with Crippen molar-refractivity contribution < 1.29 is 34.1 Å². The van der Waals surface area contributed by atoms with Crippen molar-refractivity contribution in [2.75, 3.05) is 13.1 Å². The van der Waals surface area contributed by atoms with Crippen molar-refractivity contribution >= 4 is 18.2 Å². The van der Waals surface area contributed by atoms with Crippen LogP contribution in [0.15, 0.2) is 30.3 Å². The molecule has 0 heterocycles. The number of benzene rings is 1. The zero-order valence-electron chi connectivity index (χ0n) is 21.8. The molecule has 0 aliphatic carbocycles. The number of carboxylic acid groups (broad SMARTS) is 1.